The molecule has 4 nitrogen and oxygen atoms in total. The Balaban J connectivity index is 0.00000225. The van der Waals surface area contributed by atoms with Crippen molar-refractivity contribution in [2.45, 2.75) is 18.1 Å². The zero-order valence-corrected chi connectivity index (χ0v) is 14.9. The number of para-hydroxylation sites is 1. The summed E-state index contributed by atoms with van der Waals surface area (Å²) in [5.41, 5.74) is -0.00695. The Morgan fingerprint density at radius 1 is 1.28 bits per heavy atom. The lowest BCUT2D eigenvalue weighted by Crippen LogP contribution is -2.52. The highest BCUT2D eigenvalue weighted by Crippen LogP contribution is 2.35. The smallest absolute Gasteiger partial charge is 0.123 e. The highest BCUT2D eigenvalue weighted by atomic mass is 35.5. The molecule has 2 N–H and O–H groups in total. The molecule has 1 saturated heterocycles. The number of halogens is 2. The van der Waals surface area contributed by atoms with Crippen molar-refractivity contribution in [1.82, 2.24) is 5.32 Å². The van der Waals surface area contributed by atoms with E-state index in [1.54, 1.807) is 19.2 Å². The maximum absolute atomic E-state index is 13.8. The van der Waals surface area contributed by atoms with Crippen molar-refractivity contribution in [2.24, 2.45) is 0 Å². The van der Waals surface area contributed by atoms with Gasteiger partial charge in [-0.25, -0.2) is 4.39 Å². The van der Waals surface area contributed by atoms with E-state index in [1.807, 2.05) is 24.3 Å². The van der Waals surface area contributed by atoms with Crippen LogP contribution in [0.5, 0.6) is 5.75 Å². The van der Waals surface area contributed by atoms with E-state index in [0.717, 1.165) is 12.1 Å². The van der Waals surface area contributed by atoms with Crippen LogP contribution >= 0.6 is 12.4 Å². The number of hydrogen-bond donors (Lipinski definition) is 2. The summed E-state index contributed by atoms with van der Waals surface area (Å²) in [7, 11) is 1.60. The van der Waals surface area contributed by atoms with Crippen molar-refractivity contribution < 1.29 is 19.0 Å². The molecular formula is C19H23ClFNO3. The van der Waals surface area contributed by atoms with Gasteiger partial charge >= 0.3 is 0 Å². The van der Waals surface area contributed by atoms with Crippen molar-refractivity contribution in [1.29, 1.82) is 0 Å². The molecular weight excluding hydrogens is 345 g/mol. The fourth-order valence-electron chi connectivity index (χ4n) is 3.17. The Hall–Kier alpha value is -1.66. The van der Waals surface area contributed by atoms with Crippen molar-refractivity contribution in [3.8, 4) is 5.75 Å². The average Bonchev–Trinajstić information content (AvgIpc) is 2.63. The Bertz CT molecular complexity index is 694. The van der Waals surface area contributed by atoms with Gasteiger partial charge in [-0.05, 0) is 29.3 Å². The minimum absolute atomic E-state index is 0. The van der Waals surface area contributed by atoms with Crippen molar-refractivity contribution in [3.05, 3.63) is 65.5 Å². The number of methoxy groups -OCH3 is 1. The molecule has 6 heteroatoms. The number of morpholine rings is 1. The van der Waals surface area contributed by atoms with Gasteiger partial charge in [0.25, 0.3) is 0 Å². The second-order valence-electron chi connectivity index (χ2n) is 5.99. The summed E-state index contributed by atoms with van der Waals surface area (Å²) in [6.45, 7) is 1.75. The lowest BCUT2D eigenvalue weighted by molar-refractivity contribution is -0.124. The molecule has 136 valence electrons. The van der Waals surface area contributed by atoms with Gasteiger partial charge in [-0.15, -0.1) is 12.4 Å². The first-order chi connectivity index (χ1) is 11.6. The fraction of sp³-hybridized carbons (Fsp3) is 0.368. The van der Waals surface area contributed by atoms with Gasteiger partial charge in [0.15, 0.2) is 0 Å². The van der Waals surface area contributed by atoms with E-state index >= 15 is 0 Å². The van der Waals surface area contributed by atoms with E-state index in [4.69, 9.17) is 9.47 Å². The van der Waals surface area contributed by atoms with E-state index in [9.17, 15) is 9.50 Å². The Kier molecular flexibility index (Phi) is 6.79. The molecule has 1 aliphatic rings. The third-order valence-corrected chi connectivity index (χ3v) is 4.44. The van der Waals surface area contributed by atoms with Crippen LogP contribution in [-0.4, -0.2) is 38.0 Å². The lowest BCUT2D eigenvalue weighted by Gasteiger charge is -2.39. The van der Waals surface area contributed by atoms with Crippen molar-refractivity contribution >= 4 is 12.4 Å². The number of benzene rings is 2. The highest BCUT2D eigenvalue weighted by Gasteiger charge is 2.41. The quantitative estimate of drug-likeness (QED) is 0.853. The molecule has 0 unspecified atom stereocenters. The monoisotopic (exact) mass is 367 g/mol. The van der Waals surface area contributed by atoms with Crippen LogP contribution in [-0.2, 0) is 16.8 Å². The standard InChI is InChI=1S/C19H22FNO3.ClH/c1-23-17-8-3-2-5-14(17)12-19(22,18-13-21-9-10-24-18)15-6-4-7-16(20)11-15;/h2-8,11,18,21-22H,9-10,12-13H2,1H3;1H/t18-,19-;/m1./s1. The van der Waals surface area contributed by atoms with Crippen LogP contribution in [0.25, 0.3) is 0 Å². The molecule has 25 heavy (non-hydrogen) atoms. The van der Waals surface area contributed by atoms with Crippen LogP contribution < -0.4 is 10.1 Å². The molecule has 2 atom stereocenters. The number of aliphatic hydroxyl groups is 1. The van der Waals surface area contributed by atoms with Gasteiger partial charge in [0.05, 0.1) is 13.7 Å². The molecule has 0 aromatic heterocycles. The molecule has 0 spiro atoms. The summed E-state index contributed by atoms with van der Waals surface area (Å²) >= 11 is 0. The maximum atomic E-state index is 13.8. The van der Waals surface area contributed by atoms with Gasteiger partial charge < -0.3 is 19.9 Å². The zero-order valence-electron chi connectivity index (χ0n) is 14.1. The highest BCUT2D eigenvalue weighted by molar-refractivity contribution is 5.85. The van der Waals surface area contributed by atoms with E-state index in [1.165, 1.54) is 12.1 Å². The van der Waals surface area contributed by atoms with Crippen molar-refractivity contribution in [2.75, 3.05) is 26.8 Å². The minimum atomic E-state index is -1.36. The van der Waals surface area contributed by atoms with E-state index in [-0.39, 0.29) is 24.6 Å². The summed E-state index contributed by atoms with van der Waals surface area (Å²) in [4.78, 5) is 0. The van der Waals surface area contributed by atoms with E-state index < -0.39 is 11.7 Å². The van der Waals surface area contributed by atoms with Gasteiger partial charge in [0.1, 0.15) is 23.3 Å². The SMILES string of the molecule is COc1ccccc1C[C@@](O)(c1cccc(F)c1)[C@H]1CNCCO1.Cl. The van der Waals surface area contributed by atoms with Crippen molar-refractivity contribution in [3.63, 3.8) is 0 Å². The molecule has 0 bridgehead atoms. The Morgan fingerprint density at radius 3 is 2.76 bits per heavy atom. The summed E-state index contributed by atoms with van der Waals surface area (Å²) < 4.78 is 25.0. The normalized spacial score (nSPS) is 19.6. The molecule has 1 aliphatic heterocycles. The Labute approximate surface area is 153 Å². The molecule has 0 amide bonds. The molecule has 2 aromatic carbocycles. The van der Waals surface area contributed by atoms with Crippen LogP contribution in [0.15, 0.2) is 48.5 Å². The Morgan fingerprint density at radius 2 is 2.08 bits per heavy atom. The molecule has 0 radical (unpaired) electrons. The van der Waals surface area contributed by atoms with E-state index in [0.29, 0.717) is 24.5 Å². The second-order valence-corrected chi connectivity index (χ2v) is 5.99. The first-order valence-corrected chi connectivity index (χ1v) is 8.06. The zero-order chi connectivity index (χ0) is 17.0. The fourth-order valence-corrected chi connectivity index (χ4v) is 3.17. The predicted octanol–water partition coefficient (Wildman–Crippen LogP) is 2.67. The summed E-state index contributed by atoms with van der Waals surface area (Å²) in [6, 6.07) is 13.6. The average molecular weight is 368 g/mol. The first-order valence-electron chi connectivity index (χ1n) is 8.06. The number of hydrogen-bond acceptors (Lipinski definition) is 4. The molecule has 3 rings (SSSR count). The number of rotatable bonds is 5. The van der Waals surface area contributed by atoms with E-state index in [2.05, 4.69) is 5.32 Å². The first kappa shape index (κ1) is 19.7. The molecule has 1 heterocycles. The summed E-state index contributed by atoms with van der Waals surface area (Å²) in [6.07, 6.45) is -0.203. The van der Waals surface area contributed by atoms with Crippen LogP contribution in [0.1, 0.15) is 11.1 Å². The van der Waals surface area contributed by atoms with Gasteiger partial charge in [-0.1, -0.05) is 30.3 Å². The topological polar surface area (TPSA) is 50.7 Å². The summed E-state index contributed by atoms with van der Waals surface area (Å²) in [5.74, 6) is 0.311. The summed E-state index contributed by atoms with van der Waals surface area (Å²) in [5, 5.41) is 14.7. The molecule has 1 fully saturated rings. The number of nitrogens with one attached hydrogen (secondary N) is 1. The second kappa shape index (κ2) is 8.63. The van der Waals surface area contributed by atoms with Gasteiger partial charge in [-0.3, -0.25) is 0 Å². The number of ether oxygens (including phenoxy) is 2. The van der Waals surface area contributed by atoms with Crippen LogP contribution in [0.4, 0.5) is 4.39 Å². The molecule has 2 aromatic rings. The minimum Gasteiger partial charge on any atom is -0.496 e. The van der Waals surface area contributed by atoms with Crippen LogP contribution in [0.2, 0.25) is 0 Å². The predicted molar refractivity (Wildman–Crippen MR) is 96.9 cm³/mol. The van der Waals surface area contributed by atoms with Gasteiger partial charge in [-0.2, -0.15) is 0 Å². The van der Waals surface area contributed by atoms with Crippen LogP contribution in [0, 0.1) is 5.82 Å². The van der Waals surface area contributed by atoms with Gasteiger partial charge in [0, 0.05) is 19.5 Å². The third kappa shape index (κ3) is 4.30. The maximum Gasteiger partial charge on any atom is 0.123 e. The molecule has 0 saturated carbocycles. The lowest BCUT2D eigenvalue weighted by atomic mass is 9.81. The van der Waals surface area contributed by atoms with Crippen LogP contribution in [0.3, 0.4) is 0 Å². The molecule has 0 aliphatic carbocycles. The largest absolute Gasteiger partial charge is 0.496 e. The van der Waals surface area contributed by atoms with Gasteiger partial charge in [0.2, 0.25) is 0 Å². The third-order valence-electron chi connectivity index (χ3n) is 4.44.